The van der Waals surface area contributed by atoms with Crippen LogP contribution in [0.1, 0.15) is 25.0 Å². The summed E-state index contributed by atoms with van der Waals surface area (Å²) in [5, 5.41) is 4.91. The second kappa shape index (κ2) is 11.3. The molecule has 1 aliphatic rings. The molecule has 1 aromatic heterocycles. The molecule has 2 heteroatoms. The zero-order chi connectivity index (χ0) is 34.1. The summed E-state index contributed by atoms with van der Waals surface area (Å²) in [6, 6.07) is 66.6. The average molecular weight is 653 g/mol. The first-order chi connectivity index (χ1) is 25.1. The molecule has 0 spiro atoms. The first-order valence-electron chi connectivity index (χ1n) is 17.8. The Morgan fingerprint density at radius 3 is 1.94 bits per heavy atom. The molecule has 1 heterocycles. The molecular weight excluding hydrogens is 617 g/mol. The molecule has 10 rings (SSSR count). The molecular formula is C49H36N2. The van der Waals surface area contributed by atoms with Gasteiger partial charge in [0.15, 0.2) is 0 Å². The SMILES string of the molecule is CC1(C)c2ccccc2-c2c(-c3ccc(N(c4ccc5c(c4)c4ccccc4n5-c4ccccc4)c4cccc5ccccc45)cc3)cccc21. The Labute approximate surface area is 298 Å². The van der Waals surface area contributed by atoms with Crippen LogP contribution in [-0.2, 0) is 5.41 Å². The van der Waals surface area contributed by atoms with Crippen molar-refractivity contribution >= 4 is 49.6 Å². The molecule has 0 saturated carbocycles. The van der Waals surface area contributed by atoms with Crippen LogP contribution in [0.15, 0.2) is 182 Å². The molecule has 0 aliphatic heterocycles. The summed E-state index contributed by atoms with van der Waals surface area (Å²) in [6.45, 7) is 4.70. The number of benzene rings is 8. The van der Waals surface area contributed by atoms with E-state index in [-0.39, 0.29) is 5.41 Å². The second-order valence-corrected chi connectivity index (χ2v) is 14.2. The summed E-state index contributed by atoms with van der Waals surface area (Å²) in [6.07, 6.45) is 0. The van der Waals surface area contributed by atoms with Crippen molar-refractivity contribution in [1.82, 2.24) is 4.57 Å². The third kappa shape index (κ3) is 4.50. The van der Waals surface area contributed by atoms with Crippen molar-refractivity contribution in [2.24, 2.45) is 0 Å². The average Bonchev–Trinajstić information content (AvgIpc) is 3.64. The lowest BCUT2D eigenvalue weighted by molar-refractivity contribution is 0.660. The number of fused-ring (bicyclic) bond motifs is 7. The van der Waals surface area contributed by atoms with E-state index < -0.39 is 0 Å². The van der Waals surface area contributed by atoms with Crippen molar-refractivity contribution in [3.8, 4) is 27.9 Å². The van der Waals surface area contributed by atoms with Gasteiger partial charge in [-0.25, -0.2) is 0 Å². The quantitative estimate of drug-likeness (QED) is 0.180. The maximum absolute atomic E-state index is 2.42. The van der Waals surface area contributed by atoms with E-state index in [2.05, 4.69) is 205 Å². The van der Waals surface area contributed by atoms with Crippen LogP contribution in [0.25, 0.3) is 60.5 Å². The third-order valence-corrected chi connectivity index (χ3v) is 11.0. The zero-order valence-electron chi connectivity index (χ0n) is 28.7. The Morgan fingerprint density at radius 2 is 1.08 bits per heavy atom. The summed E-state index contributed by atoms with van der Waals surface area (Å²) in [7, 11) is 0. The van der Waals surface area contributed by atoms with Gasteiger partial charge in [0, 0.05) is 38.6 Å². The number of rotatable bonds is 5. The molecule has 8 aromatic carbocycles. The van der Waals surface area contributed by atoms with Crippen LogP contribution >= 0.6 is 0 Å². The first kappa shape index (κ1) is 29.5. The van der Waals surface area contributed by atoms with E-state index in [9.17, 15) is 0 Å². The first-order valence-corrected chi connectivity index (χ1v) is 17.8. The number of aromatic nitrogens is 1. The highest BCUT2D eigenvalue weighted by Gasteiger charge is 2.36. The van der Waals surface area contributed by atoms with Crippen LogP contribution in [0.2, 0.25) is 0 Å². The molecule has 0 atom stereocenters. The van der Waals surface area contributed by atoms with Crippen LogP contribution in [0.5, 0.6) is 0 Å². The monoisotopic (exact) mass is 652 g/mol. The molecule has 9 aromatic rings. The predicted molar refractivity (Wildman–Crippen MR) is 216 cm³/mol. The van der Waals surface area contributed by atoms with Gasteiger partial charge in [-0.3, -0.25) is 0 Å². The fourth-order valence-electron chi connectivity index (χ4n) is 8.57. The van der Waals surface area contributed by atoms with Crippen molar-refractivity contribution in [3.05, 3.63) is 193 Å². The van der Waals surface area contributed by atoms with E-state index in [0.29, 0.717) is 0 Å². The molecule has 0 amide bonds. The summed E-state index contributed by atoms with van der Waals surface area (Å²) in [5.41, 5.74) is 14.9. The van der Waals surface area contributed by atoms with Gasteiger partial charge in [-0.05, 0) is 93.4 Å². The normalized spacial score (nSPS) is 13.1. The van der Waals surface area contributed by atoms with E-state index >= 15 is 0 Å². The molecule has 1 aliphatic carbocycles. The fraction of sp³-hybridized carbons (Fsp3) is 0.0612. The highest BCUT2D eigenvalue weighted by atomic mass is 15.1. The summed E-state index contributed by atoms with van der Waals surface area (Å²) in [4.78, 5) is 2.42. The Balaban J connectivity index is 1.16. The molecule has 0 saturated heterocycles. The molecule has 242 valence electrons. The van der Waals surface area contributed by atoms with Crippen molar-refractivity contribution < 1.29 is 0 Å². The lowest BCUT2D eigenvalue weighted by Crippen LogP contribution is -2.14. The van der Waals surface area contributed by atoms with Gasteiger partial charge in [0.05, 0.1) is 16.7 Å². The molecule has 0 fully saturated rings. The maximum atomic E-state index is 2.42. The molecule has 0 radical (unpaired) electrons. The number of para-hydroxylation sites is 2. The van der Waals surface area contributed by atoms with Crippen LogP contribution < -0.4 is 4.90 Å². The van der Waals surface area contributed by atoms with Gasteiger partial charge in [0.1, 0.15) is 0 Å². The molecule has 0 N–H and O–H groups in total. The smallest absolute Gasteiger partial charge is 0.0542 e. The van der Waals surface area contributed by atoms with Gasteiger partial charge in [-0.2, -0.15) is 0 Å². The Hall–Kier alpha value is -6.38. The molecule has 0 bridgehead atoms. The van der Waals surface area contributed by atoms with Crippen LogP contribution in [0.4, 0.5) is 17.1 Å². The maximum Gasteiger partial charge on any atom is 0.0542 e. The van der Waals surface area contributed by atoms with Gasteiger partial charge in [-0.1, -0.05) is 141 Å². The standard InChI is InChI=1S/C49H36N2/c1-49(2)43-22-10-8-20-41(43)48-39(21-13-23-44(48)49)34-26-28-36(29-27-34)50(45-25-12-15-33-14-6-7-18-38(33)45)37-30-31-47-42(32-37)40-19-9-11-24-46(40)51(47)35-16-4-3-5-17-35/h3-32H,1-2H3. The van der Waals surface area contributed by atoms with Gasteiger partial charge < -0.3 is 9.47 Å². The summed E-state index contributed by atoms with van der Waals surface area (Å²) >= 11 is 0. The van der Waals surface area contributed by atoms with Gasteiger partial charge >= 0.3 is 0 Å². The van der Waals surface area contributed by atoms with E-state index in [4.69, 9.17) is 0 Å². The van der Waals surface area contributed by atoms with Gasteiger partial charge in [0.2, 0.25) is 0 Å². The van der Waals surface area contributed by atoms with Crippen LogP contribution in [-0.4, -0.2) is 4.57 Å². The number of nitrogens with zero attached hydrogens (tertiary/aromatic N) is 2. The van der Waals surface area contributed by atoms with Crippen LogP contribution in [0.3, 0.4) is 0 Å². The predicted octanol–water partition coefficient (Wildman–Crippen LogP) is 13.4. The van der Waals surface area contributed by atoms with Crippen molar-refractivity contribution in [2.45, 2.75) is 19.3 Å². The molecule has 2 nitrogen and oxygen atoms in total. The number of anilines is 3. The third-order valence-electron chi connectivity index (χ3n) is 11.0. The van der Waals surface area contributed by atoms with Gasteiger partial charge in [0.25, 0.3) is 0 Å². The van der Waals surface area contributed by atoms with E-state index in [0.717, 1.165) is 22.7 Å². The van der Waals surface area contributed by atoms with Gasteiger partial charge in [-0.15, -0.1) is 0 Å². The van der Waals surface area contributed by atoms with E-state index in [1.807, 2.05) is 0 Å². The fourth-order valence-corrected chi connectivity index (χ4v) is 8.57. The highest BCUT2D eigenvalue weighted by molar-refractivity contribution is 6.11. The Kier molecular flexibility index (Phi) is 6.56. The topological polar surface area (TPSA) is 8.17 Å². The minimum Gasteiger partial charge on any atom is -0.310 e. The number of hydrogen-bond donors (Lipinski definition) is 0. The van der Waals surface area contributed by atoms with E-state index in [1.54, 1.807) is 0 Å². The van der Waals surface area contributed by atoms with Crippen LogP contribution in [0, 0.1) is 0 Å². The van der Waals surface area contributed by atoms with E-state index in [1.165, 1.54) is 66.0 Å². The Morgan fingerprint density at radius 1 is 0.451 bits per heavy atom. The summed E-state index contributed by atoms with van der Waals surface area (Å²) in [5.74, 6) is 0. The zero-order valence-corrected chi connectivity index (χ0v) is 28.7. The molecule has 0 unspecified atom stereocenters. The summed E-state index contributed by atoms with van der Waals surface area (Å²) < 4.78 is 2.38. The minimum absolute atomic E-state index is 0.0324. The largest absolute Gasteiger partial charge is 0.310 e. The second-order valence-electron chi connectivity index (χ2n) is 14.2. The Bertz CT molecular complexity index is 2760. The van der Waals surface area contributed by atoms with Crippen molar-refractivity contribution in [1.29, 1.82) is 0 Å². The van der Waals surface area contributed by atoms with Crippen molar-refractivity contribution in [3.63, 3.8) is 0 Å². The molecule has 51 heavy (non-hydrogen) atoms. The lowest BCUT2D eigenvalue weighted by Gasteiger charge is -2.27. The number of hydrogen-bond acceptors (Lipinski definition) is 1. The minimum atomic E-state index is -0.0324. The highest BCUT2D eigenvalue weighted by Crippen LogP contribution is 2.52. The van der Waals surface area contributed by atoms with Crippen molar-refractivity contribution in [2.75, 3.05) is 4.90 Å². The lowest BCUT2D eigenvalue weighted by atomic mass is 9.82.